The second-order valence-electron chi connectivity index (χ2n) is 6.44. The molecule has 1 atom stereocenters. The fourth-order valence-electron chi connectivity index (χ4n) is 2.82. The number of sulfonamides is 1. The molecule has 0 aliphatic carbocycles. The van der Waals surface area contributed by atoms with Crippen LogP contribution in [0.25, 0.3) is 0 Å². The third-order valence-electron chi connectivity index (χ3n) is 4.20. The van der Waals surface area contributed by atoms with Crippen molar-refractivity contribution in [1.29, 1.82) is 0 Å². The Hall–Kier alpha value is -0.960. The Kier molecular flexibility index (Phi) is 6.79. The molecule has 1 aromatic rings. The van der Waals surface area contributed by atoms with Gasteiger partial charge in [0.1, 0.15) is 10.3 Å². The van der Waals surface area contributed by atoms with E-state index < -0.39 is 16.1 Å². The van der Waals surface area contributed by atoms with Crippen molar-refractivity contribution in [2.45, 2.75) is 37.4 Å². The van der Waals surface area contributed by atoms with Gasteiger partial charge in [0.15, 0.2) is 0 Å². The first-order valence-corrected chi connectivity index (χ1v) is 10.8. The molecule has 2 heterocycles. The van der Waals surface area contributed by atoms with Crippen LogP contribution in [0.4, 0.5) is 0 Å². The fraction of sp³-hybridized carbons (Fsp3) is 0.688. The molecule has 1 fully saturated rings. The molecule has 2 rings (SSSR count). The second-order valence-corrected chi connectivity index (χ2v) is 9.33. The normalized spacial score (nSPS) is 18.1. The van der Waals surface area contributed by atoms with Crippen LogP contribution in [0, 0.1) is 5.92 Å². The fourth-order valence-corrected chi connectivity index (χ4v) is 5.17. The second kappa shape index (κ2) is 8.42. The number of hydrogen-bond acceptors (Lipinski definition) is 5. The molecule has 1 saturated heterocycles. The van der Waals surface area contributed by atoms with E-state index in [2.05, 4.69) is 16.5 Å². The molecule has 1 aliphatic rings. The van der Waals surface area contributed by atoms with Gasteiger partial charge in [0.25, 0.3) is 10.0 Å². The van der Waals surface area contributed by atoms with Crippen LogP contribution in [0.3, 0.4) is 0 Å². The van der Waals surface area contributed by atoms with Gasteiger partial charge >= 0.3 is 0 Å². The standard InChI is InChI=1S/C16H27N3O3S2/c1-4-7-18-8-10-19(11-9-18)16(20)15(13(2)3)17-24(21,22)14-6-5-12-23-14/h5-6,12-13,15,17H,4,7-11H2,1-3H3/t15-/m0/s1. The molecule has 0 unspecified atom stereocenters. The van der Waals surface area contributed by atoms with Gasteiger partial charge in [-0.2, -0.15) is 4.72 Å². The maximum Gasteiger partial charge on any atom is 0.250 e. The van der Waals surface area contributed by atoms with Crippen LogP contribution in [0.1, 0.15) is 27.2 Å². The van der Waals surface area contributed by atoms with Crippen LogP contribution < -0.4 is 4.72 Å². The predicted molar refractivity (Wildman–Crippen MR) is 96.6 cm³/mol. The van der Waals surface area contributed by atoms with Gasteiger partial charge in [-0.1, -0.05) is 26.8 Å². The molecule has 0 saturated carbocycles. The summed E-state index contributed by atoms with van der Waals surface area (Å²) in [4.78, 5) is 17.0. The number of piperazine rings is 1. The third kappa shape index (κ3) is 4.78. The van der Waals surface area contributed by atoms with E-state index in [1.165, 1.54) is 0 Å². The average Bonchev–Trinajstić information content (AvgIpc) is 3.08. The van der Waals surface area contributed by atoms with Crippen LogP contribution >= 0.6 is 11.3 Å². The largest absolute Gasteiger partial charge is 0.339 e. The predicted octanol–water partition coefficient (Wildman–Crippen LogP) is 1.61. The lowest BCUT2D eigenvalue weighted by molar-refractivity contribution is -0.135. The SMILES string of the molecule is CCCN1CCN(C(=O)[C@@H](NS(=O)(=O)c2cccs2)C(C)C)CC1. The zero-order valence-corrected chi connectivity index (χ0v) is 16.2. The summed E-state index contributed by atoms with van der Waals surface area (Å²) in [6.45, 7) is 9.93. The summed E-state index contributed by atoms with van der Waals surface area (Å²) in [6.07, 6.45) is 1.10. The third-order valence-corrected chi connectivity index (χ3v) is 7.04. The number of carbonyl (C=O) groups is 1. The van der Waals surface area contributed by atoms with Gasteiger partial charge in [0.2, 0.25) is 5.91 Å². The van der Waals surface area contributed by atoms with Crippen molar-refractivity contribution in [3.05, 3.63) is 17.5 Å². The van der Waals surface area contributed by atoms with E-state index in [1.54, 1.807) is 22.4 Å². The summed E-state index contributed by atoms with van der Waals surface area (Å²) < 4.78 is 27.8. The van der Waals surface area contributed by atoms with Crippen molar-refractivity contribution < 1.29 is 13.2 Å². The minimum atomic E-state index is -3.65. The van der Waals surface area contributed by atoms with Crippen LogP contribution in [0.15, 0.2) is 21.7 Å². The van der Waals surface area contributed by atoms with E-state index >= 15 is 0 Å². The van der Waals surface area contributed by atoms with E-state index in [9.17, 15) is 13.2 Å². The van der Waals surface area contributed by atoms with Gasteiger partial charge in [-0.15, -0.1) is 11.3 Å². The van der Waals surface area contributed by atoms with Crippen LogP contribution in [0.5, 0.6) is 0 Å². The van der Waals surface area contributed by atoms with E-state index in [0.717, 1.165) is 37.4 Å². The molecule has 1 aliphatic heterocycles. The summed E-state index contributed by atoms with van der Waals surface area (Å²) in [6, 6.07) is 2.52. The van der Waals surface area contributed by atoms with E-state index in [1.807, 2.05) is 13.8 Å². The zero-order valence-electron chi connectivity index (χ0n) is 14.6. The summed E-state index contributed by atoms with van der Waals surface area (Å²) in [7, 11) is -3.65. The van der Waals surface area contributed by atoms with Gasteiger partial charge in [0, 0.05) is 26.2 Å². The summed E-state index contributed by atoms with van der Waals surface area (Å²) in [5, 5.41) is 1.72. The molecule has 1 amide bonds. The van der Waals surface area contributed by atoms with Gasteiger partial charge < -0.3 is 4.90 Å². The number of rotatable bonds is 7. The zero-order chi connectivity index (χ0) is 17.7. The molecule has 24 heavy (non-hydrogen) atoms. The maximum atomic E-state index is 12.8. The summed E-state index contributed by atoms with van der Waals surface area (Å²) in [5.41, 5.74) is 0. The molecular formula is C16H27N3O3S2. The molecule has 0 radical (unpaired) electrons. The highest BCUT2D eigenvalue weighted by molar-refractivity contribution is 7.91. The van der Waals surface area contributed by atoms with E-state index in [0.29, 0.717) is 13.1 Å². The Morgan fingerprint density at radius 3 is 2.46 bits per heavy atom. The van der Waals surface area contributed by atoms with Crippen molar-refractivity contribution in [2.75, 3.05) is 32.7 Å². The van der Waals surface area contributed by atoms with Crippen molar-refractivity contribution in [1.82, 2.24) is 14.5 Å². The monoisotopic (exact) mass is 373 g/mol. The Morgan fingerprint density at radius 1 is 1.29 bits per heavy atom. The van der Waals surface area contributed by atoms with Crippen molar-refractivity contribution in [2.24, 2.45) is 5.92 Å². The molecule has 136 valence electrons. The molecule has 6 nitrogen and oxygen atoms in total. The number of carbonyl (C=O) groups excluding carboxylic acids is 1. The van der Waals surface area contributed by atoms with Crippen molar-refractivity contribution in [3.63, 3.8) is 0 Å². The lowest BCUT2D eigenvalue weighted by Crippen LogP contribution is -2.56. The molecule has 0 spiro atoms. The Labute approximate surface area is 148 Å². The van der Waals surface area contributed by atoms with Gasteiger partial charge in [-0.05, 0) is 30.3 Å². The summed E-state index contributed by atoms with van der Waals surface area (Å²) >= 11 is 1.15. The average molecular weight is 374 g/mol. The summed E-state index contributed by atoms with van der Waals surface area (Å²) in [5.74, 6) is -0.234. The van der Waals surface area contributed by atoms with Gasteiger partial charge in [-0.25, -0.2) is 8.42 Å². The highest BCUT2D eigenvalue weighted by Crippen LogP contribution is 2.18. The Morgan fingerprint density at radius 2 is 1.96 bits per heavy atom. The van der Waals surface area contributed by atoms with Crippen LogP contribution in [0.2, 0.25) is 0 Å². The highest BCUT2D eigenvalue weighted by Gasteiger charge is 2.33. The molecule has 1 aromatic heterocycles. The van der Waals surface area contributed by atoms with Crippen LogP contribution in [-0.2, 0) is 14.8 Å². The quantitative estimate of drug-likeness (QED) is 0.788. The van der Waals surface area contributed by atoms with Gasteiger partial charge in [-0.3, -0.25) is 9.69 Å². The van der Waals surface area contributed by atoms with Gasteiger partial charge in [0.05, 0.1) is 0 Å². The minimum absolute atomic E-state index is 0.110. The molecule has 8 heteroatoms. The Bertz CT molecular complexity index is 621. The van der Waals surface area contributed by atoms with Crippen molar-refractivity contribution >= 4 is 27.3 Å². The van der Waals surface area contributed by atoms with Crippen LogP contribution in [-0.4, -0.2) is 62.9 Å². The first-order chi connectivity index (χ1) is 11.3. The first kappa shape index (κ1) is 19.4. The first-order valence-electron chi connectivity index (χ1n) is 8.42. The maximum absolute atomic E-state index is 12.8. The molecule has 0 bridgehead atoms. The van der Waals surface area contributed by atoms with E-state index in [-0.39, 0.29) is 16.0 Å². The number of hydrogen-bond donors (Lipinski definition) is 1. The topological polar surface area (TPSA) is 69.7 Å². The Balaban J connectivity index is 2.04. The van der Waals surface area contributed by atoms with E-state index in [4.69, 9.17) is 0 Å². The number of thiophene rings is 1. The molecule has 0 aromatic carbocycles. The number of nitrogens with one attached hydrogen (secondary N) is 1. The van der Waals surface area contributed by atoms with Crippen molar-refractivity contribution in [3.8, 4) is 0 Å². The number of nitrogens with zero attached hydrogens (tertiary/aromatic N) is 2. The highest BCUT2D eigenvalue weighted by atomic mass is 32.2. The number of amides is 1. The molecular weight excluding hydrogens is 346 g/mol. The lowest BCUT2D eigenvalue weighted by atomic mass is 10.0. The molecule has 1 N–H and O–H groups in total. The lowest BCUT2D eigenvalue weighted by Gasteiger charge is -2.37. The minimum Gasteiger partial charge on any atom is -0.339 e. The smallest absolute Gasteiger partial charge is 0.250 e.